The molecular formula is C14H22ClFN2O2. The zero-order chi connectivity index (χ0) is 14.3. The summed E-state index contributed by atoms with van der Waals surface area (Å²) in [6.45, 7) is 7.32. The summed E-state index contributed by atoms with van der Waals surface area (Å²) in [4.78, 5) is 14.2. The third-order valence-electron chi connectivity index (χ3n) is 3.01. The molecule has 0 unspecified atom stereocenters. The van der Waals surface area contributed by atoms with Crippen molar-refractivity contribution in [3.05, 3.63) is 29.6 Å². The third kappa shape index (κ3) is 5.35. The molecule has 0 bridgehead atoms. The van der Waals surface area contributed by atoms with Crippen LogP contribution >= 0.6 is 12.4 Å². The first-order chi connectivity index (χ1) is 9.12. The van der Waals surface area contributed by atoms with Gasteiger partial charge in [0, 0.05) is 13.1 Å². The SMILES string of the molecule is CCN(CC)CCNC(=O)c1cc(F)ccc1OC.Cl. The first-order valence-corrected chi connectivity index (χ1v) is 6.46. The minimum absolute atomic E-state index is 0. The van der Waals surface area contributed by atoms with Gasteiger partial charge in [0.1, 0.15) is 11.6 Å². The summed E-state index contributed by atoms with van der Waals surface area (Å²) in [5.41, 5.74) is 0.224. The lowest BCUT2D eigenvalue weighted by molar-refractivity contribution is 0.0945. The monoisotopic (exact) mass is 304 g/mol. The van der Waals surface area contributed by atoms with Crippen LogP contribution in [0.3, 0.4) is 0 Å². The number of hydrogen-bond donors (Lipinski definition) is 1. The normalized spacial score (nSPS) is 10.1. The number of benzene rings is 1. The Morgan fingerprint density at radius 2 is 2.00 bits per heavy atom. The molecule has 1 N–H and O–H groups in total. The summed E-state index contributed by atoms with van der Waals surface area (Å²) >= 11 is 0. The minimum Gasteiger partial charge on any atom is -0.496 e. The van der Waals surface area contributed by atoms with E-state index in [1.165, 1.54) is 25.3 Å². The Balaban J connectivity index is 0.00000361. The van der Waals surface area contributed by atoms with E-state index in [2.05, 4.69) is 24.1 Å². The average molecular weight is 305 g/mol. The van der Waals surface area contributed by atoms with Gasteiger partial charge in [-0.15, -0.1) is 12.4 Å². The van der Waals surface area contributed by atoms with Crippen LogP contribution in [0.4, 0.5) is 4.39 Å². The first kappa shape index (κ1) is 18.7. The van der Waals surface area contributed by atoms with E-state index in [4.69, 9.17) is 4.74 Å². The Kier molecular flexibility index (Phi) is 8.92. The summed E-state index contributed by atoms with van der Waals surface area (Å²) in [5.74, 6) is -0.389. The van der Waals surface area contributed by atoms with Crippen LogP contribution < -0.4 is 10.1 Å². The fourth-order valence-electron chi connectivity index (χ4n) is 1.82. The predicted octanol–water partition coefficient (Wildman–Crippen LogP) is 2.33. The van der Waals surface area contributed by atoms with E-state index < -0.39 is 5.82 Å². The molecule has 0 saturated carbocycles. The number of carbonyl (C=O) groups is 1. The van der Waals surface area contributed by atoms with Crippen molar-refractivity contribution >= 4 is 18.3 Å². The van der Waals surface area contributed by atoms with E-state index in [9.17, 15) is 9.18 Å². The second-order valence-electron chi connectivity index (χ2n) is 4.13. The summed E-state index contributed by atoms with van der Waals surface area (Å²) in [5, 5.41) is 2.77. The number of halogens is 2. The van der Waals surface area contributed by atoms with Crippen molar-refractivity contribution in [1.29, 1.82) is 0 Å². The van der Waals surface area contributed by atoms with E-state index >= 15 is 0 Å². The summed E-state index contributed by atoms with van der Waals surface area (Å²) in [6, 6.07) is 3.91. The van der Waals surface area contributed by atoms with Crippen molar-refractivity contribution in [3.63, 3.8) is 0 Å². The van der Waals surface area contributed by atoms with Gasteiger partial charge in [-0.3, -0.25) is 4.79 Å². The molecular weight excluding hydrogens is 283 g/mol. The molecule has 0 aliphatic carbocycles. The van der Waals surface area contributed by atoms with Gasteiger partial charge in [-0.2, -0.15) is 0 Å². The van der Waals surface area contributed by atoms with E-state index in [1.807, 2.05) is 0 Å². The van der Waals surface area contributed by atoms with Crippen LogP contribution in [0.25, 0.3) is 0 Å². The second-order valence-corrected chi connectivity index (χ2v) is 4.13. The van der Waals surface area contributed by atoms with Crippen LogP contribution in [0, 0.1) is 5.82 Å². The maximum atomic E-state index is 13.2. The summed E-state index contributed by atoms with van der Waals surface area (Å²) in [6.07, 6.45) is 0. The zero-order valence-corrected chi connectivity index (χ0v) is 12.9. The molecule has 1 rings (SSSR count). The van der Waals surface area contributed by atoms with E-state index in [0.717, 1.165) is 19.6 Å². The third-order valence-corrected chi connectivity index (χ3v) is 3.01. The van der Waals surface area contributed by atoms with Crippen molar-refractivity contribution < 1.29 is 13.9 Å². The van der Waals surface area contributed by atoms with Crippen molar-refractivity contribution in [1.82, 2.24) is 10.2 Å². The molecule has 1 aromatic rings. The molecule has 114 valence electrons. The molecule has 0 radical (unpaired) electrons. The lowest BCUT2D eigenvalue weighted by atomic mass is 10.2. The van der Waals surface area contributed by atoms with Gasteiger partial charge in [-0.25, -0.2) is 4.39 Å². The highest BCUT2D eigenvalue weighted by Gasteiger charge is 2.13. The van der Waals surface area contributed by atoms with Gasteiger partial charge in [-0.05, 0) is 31.3 Å². The molecule has 0 fully saturated rings. The van der Waals surface area contributed by atoms with Crippen molar-refractivity contribution in [2.75, 3.05) is 33.3 Å². The second kappa shape index (κ2) is 9.55. The van der Waals surface area contributed by atoms with Crippen molar-refractivity contribution in [2.24, 2.45) is 0 Å². The number of nitrogens with one attached hydrogen (secondary N) is 1. The largest absolute Gasteiger partial charge is 0.496 e. The number of hydrogen-bond acceptors (Lipinski definition) is 3. The van der Waals surface area contributed by atoms with E-state index in [0.29, 0.717) is 12.3 Å². The topological polar surface area (TPSA) is 41.6 Å². The molecule has 0 aromatic heterocycles. The van der Waals surface area contributed by atoms with Gasteiger partial charge in [-0.1, -0.05) is 13.8 Å². The molecule has 1 amide bonds. The maximum absolute atomic E-state index is 13.2. The van der Waals surface area contributed by atoms with Crippen LogP contribution in [-0.2, 0) is 0 Å². The maximum Gasteiger partial charge on any atom is 0.255 e. The van der Waals surface area contributed by atoms with Crippen LogP contribution in [-0.4, -0.2) is 44.1 Å². The smallest absolute Gasteiger partial charge is 0.255 e. The van der Waals surface area contributed by atoms with Crippen LogP contribution in [0.2, 0.25) is 0 Å². The van der Waals surface area contributed by atoms with Crippen LogP contribution in [0.5, 0.6) is 5.75 Å². The van der Waals surface area contributed by atoms with Crippen molar-refractivity contribution in [3.8, 4) is 5.75 Å². The highest BCUT2D eigenvalue weighted by molar-refractivity contribution is 5.96. The quantitative estimate of drug-likeness (QED) is 0.840. The number of likely N-dealkylation sites (N-methyl/N-ethyl adjacent to an activating group) is 1. The molecule has 0 heterocycles. The lowest BCUT2D eigenvalue weighted by Crippen LogP contribution is -2.34. The molecule has 0 aliphatic heterocycles. The van der Waals surface area contributed by atoms with Gasteiger partial charge >= 0.3 is 0 Å². The molecule has 20 heavy (non-hydrogen) atoms. The Labute approximate surface area is 125 Å². The van der Waals surface area contributed by atoms with Gasteiger partial charge in [0.15, 0.2) is 0 Å². The fraction of sp³-hybridized carbons (Fsp3) is 0.500. The fourth-order valence-corrected chi connectivity index (χ4v) is 1.82. The highest BCUT2D eigenvalue weighted by Crippen LogP contribution is 2.18. The molecule has 6 heteroatoms. The Morgan fingerprint density at radius 3 is 2.55 bits per heavy atom. The number of carbonyl (C=O) groups excluding carboxylic acids is 1. The number of nitrogens with zero attached hydrogens (tertiary/aromatic N) is 1. The van der Waals surface area contributed by atoms with E-state index in [-0.39, 0.29) is 23.9 Å². The Morgan fingerprint density at radius 1 is 1.35 bits per heavy atom. The molecule has 1 aromatic carbocycles. The first-order valence-electron chi connectivity index (χ1n) is 6.46. The van der Waals surface area contributed by atoms with Gasteiger partial charge in [0.05, 0.1) is 12.7 Å². The average Bonchev–Trinajstić information content (AvgIpc) is 2.43. The van der Waals surface area contributed by atoms with Crippen LogP contribution in [0.15, 0.2) is 18.2 Å². The van der Waals surface area contributed by atoms with Gasteiger partial charge in [0.2, 0.25) is 0 Å². The number of ether oxygens (including phenoxy) is 1. The van der Waals surface area contributed by atoms with Crippen LogP contribution in [0.1, 0.15) is 24.2 Å². The standard InChI is InChI=1S/C14H21FN2O2.ClH/c1-4-17(5-2)9-8-16-14(18)12-10-11(15)6-7-13(12)19-3;/h6-7,10H,4-5,8-9H2,1-3H3,(H,16,18);1H. The van der Waals surface area contributed by atoms with E-state index in [1.54, 1.807) is 0 Å². The predicted molar refractivity (Wildman–Crippen MR) is 80.3 cm³/mol. The summed E-state index contributed by atoms with van der Waals surface area (Å²) < 4.78 is 18.2. The Bertz CT molecular complexity index is 426. The van der Waals surface area contributed by atoms with Crippen molar-refractivity contribution in [2.45, 2.75) is 13.8 Å². The molecule has 0 saturated heterocycles. The van der Waals surface area contributed by atoms with Gasteiger partial charge in [0.25, 0.3) is 5.91 Å². The Hall–Kier alpha value is -1.33. The number of rotatable bonds is 7. The van der Waals surface area contributed by atoms with Gasteiger partial charge < -0.3 is 15.0 Å². The number of methoxy groups -OCH3 is 1. The molecule has 0 aliphatic rings. The molecule has 0 atom stereocenters. The lowest BCUT2D eigenvalue weighted by Gasteiger charge is -2.18. The zero-order valence-electron chi connectivity index (χ0n) is 12.1. The molecule has 0 spiro atoms. The number of amides is 1. The molecule has 4 nitrogen and oxygen atoms in total. The summed E-state index contributed by atoms with van der Waals surface area (Å²) in [7, 11) is 1.46. The highest BCUT2D eigenvalue weighted by atomic mass is 35.5. The minimum atomic E-state index is -0.449.